The van der Waals surface area contributed by atoms with Gasteiger partial charge in [0.25, 0.3) is 0 Å². The zero-order valence-electron chi connectivity index (χ0n) is 20.0. The predicted molar refractivity (Wildman–Crippen MR) is 136 cm³/mol. The molecule has 3 radical (unpaired) electrons. The van der Waals surface area contributed by atoms with Crippen LogP contribution in [0.1, 0.15) is 11.1 Å². The van der Waals surface area contributed by atoms with E-state index in [1.807, 2.05) is 12.1 Å². The Morgan fingerprint density at radius 1 is 0.579 bits per heavy atom. The summed E-state index contributed by atoms with van der Waals surface area (Å²) in [6, 6.07) is 26.4. The molecule has 4 aromatic carbocycles. The van der Waals surface area contributed by atoms with Crippen molar-refractivity contribution >= 4 is 29.3 Å². The topological polar surface area (TPSA) is 121 Å². The van der Waals surface area contributed by atoms with Gasteiger partial charge in [0.05, 0.1) is 12.8 Å². The van der Waals surface area contributed by atoms with E-state index in [0.717, 1.165) is 0 Å². The molecule has 4 rings (SSSR count). The second-order valence-electron chi connectivity index (χ2n) is 7.77. The van der Waals surface area contributed by atoms with E-state index in [1.54, 1.807) is 48.5 Å². The van der Waals surface area contributed by atoms with Gasteiger partial charge in [-0.2, -0.15) is 0 Å². The van der Waals surface area contributed by atoms with E-state index in [2.05, 4.69) is 14.8 Å². The number of hydrogen-bond donors (Lipinski definition) is 2. The number of aromatic hydroxyl groups is 2. The summed E-state index contributed by atoms with van der Waals surface area (Å²) in [6.07, 6.45) is -0.470. The Morgan fingerprint density at radius 2 is 0.974 bits per heavy atom. The highest BCUT2D eigenvalue weighted by Crippen LogP contribution is 2.32. The van der Waals surface area contributed by atoms with Crippen LogP contribution in [0.25, 0.3) is 0 Å². The molecule has 4 aromatic rings. The number of rotatable bonds is 10. The van der Waals surface area contributed by atoms with Crippen molar-refractivity contribution in [3.8, 4) is 34.5 Å². The SMILES string of the molecule is O=C(Cc1ccc(O)c(Oc2ccccc2)c1)OOOC(=O)Cc1ccc(O)c(Oc2ccccc2)c1.[Al]. The van der Waals surface area contributed by atoms with Crippen molar-refractivity contribution in [1.29, 1.82) is 0 Å². The zero-order chi connectivity index (χ0) is 26.0. The van der Waals surface area contributed by atoms with Crippen LogP contribution in [0.3, 0.4) is 0 Å². The molecule has 0 fully saturated rings. The van der Waals surface area contributed by atoms with Crippen LogP contribution in [-0.4, -0.2) is 39.5 Å². The standard InChI is InChI=1S/C28H22O9.Al/c29-23-13-11-19(15-25(23)33-21-7-3-1-4-8-21)17-27(31)35-37-36-28(32)18-20-12-14-24(30)26(16-20)34-22-9-5-2-6-10-22;/h1-16,29-30H,17-18H2;. The molecule has 0 bridgehead atoms. The highest BCUT2D eigenvalue weighted by atomic mass is 27.0. The highest BCUT2D eigenvalue weighted by molar-refractivity contribution is 5.75. The van der Waals surface area contributed by atoms with Crippen molar-refractivity contribution in [3.05, 3.63) is 108 Å². The summed E-state index contributed by atoms with van der Waals surface area (Å²) in [7, 11) is 0. The Hall–Kier alpha value is -4.49. The lowest BCUT2D eigenvalue weighted by Gasteiger charge is -2.10. The van der Waals surface area contributed by atoms with Gasteiger partial charge < -0.3 is 19.7 Å². The van der Waals surface area contributed by atoms with E-state index in [0.29, 0.717) is 22.6 Å². The fraction of sp³-hybridized carbons (Fsp3) is 0.0714. The molecule has 0 aromatic heterocycles. The molecule has 0 atom stereocenters. The fourth-order valence-corrected chi connectivity index (χ4v) is 3.22. The van der Waals surface area contributed by atoms with Crippen LogP contribution < -0.4 is 9.47 Å². The first kappa shape index (κ1) is 28.1. The highest BCUT2D eigenvalue weighted by Gasteiger charge is 2.14. The molecule has 0 heterocycles. The number of carbonyl (C=O) groups is 2. The molecule has 10 heteroatoms. The minimum absolute atomic E-state index is 0. The fourth-order valence-electron chi connectivity index (χ4n) is 3.22. The van der Waals surface area contributed by atoms with E-state index in [9.17, 15) is 19.8 Å². The van der Waals surface area contributed by atoms with Gasteiger partial charge in [-0.1, -0.05) is 48.5 Å². The summed E-state index contributed by atoms with van der Waals surface area (Å²) in [4.78, 5) is 33.2. The van der Waals surface area contributed by atoms with Crippen molar-refractivity contribution in [2.45, 2.75) is 12.8 Å². The van der Waals surface area contributed by atoms with Crippen LogP contribution in [0.4, 0.5) is 0 Å². The number of benzene rings is 4. The Balaban J connectivity index is 0.00000400. The van der Waals surface area contributed by atoms with E-state index in [-0.39, 0.29) is 53.2 Å². The van der Waals surface area contributed by atoms with Gasteiger partial charge in [0, 0.05) is 22.4 Å². The Bertz CT molecular complexity index is 1260. The third kappa shape index (κ3) is 8.28. The van der Waals surface area contributed by atoms with E-state index < -0.39 is 11.9 Å². The first-order valence-electron chi connectivity index (χ1n) is 11.1. The lowest BCUT2D eigenvalue weighted by molar-refractivity contribution is -0.459. The number of ether oxygens (including phenoxy) is 2. The normalized spacial score (nSPS) is 10.1. The lowest BCUT2D eigenvalue weighted by atomic mass is 10.1. The zero-order valence-corrected chi connectivity index (χ0v) is 21.1. The average molecular weight is 529 g/mol. The maximum absolute atomic E-state index is 12.1. The van der Waals surface area contributed by atoms with E-state index in [4.69, 9.17) is 9.47 Å². The number of hydrogen-bond acceptors (Lipinski definition) is 9. The van der Waals surface area contributed by atoms with Crippen LogP contribution in [0.5, 0.6) is 34.5 Å². The van der Waals surface area contributed by atoms with Crippen LogP contribution in [0.2, 0.25) is 0 Å². The first-order chi connectivity index (χ1) is 18.0. The molecular formula is C28H22AlO9. The molecule has 0 aliphatic rings. The predicted octanol–water partition coefficient (Wildman–Crippen LogP) is 5.02. The maximum Gasteiger partial charge on any atom is 0.351 e. The number of carbonyl (C=O) groups excluding carboxylic acids is 2. The van der Waals surface area contributed by atoms with Gasteiger partial charge in [0.2, 0.25) is 0 Å². The molecule has 0 unspecified atom stereocenters. The van der Waals surface area contributed by atoms with Crippen molar-refractivity contribution in [1.82, 2.24) is 0 Å². The number of phenolic OH excluding ortho intramolecular Hbond substituents is 2. The Labute approximate surface area is 228 Å². The van der Waals surface area contributed by atoms with Crippen LogP contribution in [-0.2, 0) is 37.2 Å². The molecule has 0 saturated carbocycles. The summed E-state index contributed by atoms with van der Waals surface area (Å²) in [5.74, 6) is -0.530. The van der Waals surface area contributed by atoms with Crippen LogP contribution in [0, 0.1) is 0 Å². The molecule has 191 valence electrons. The Kier molecular flexibility index (Phi) is 10.1. The lowest BCUT2D eigenvalue weighted by Crippen LogP contribution is -2.13. The third-order valence-electron chi connectivity index (χ3n) is 4.94. The molecule has 0 spiro atoms. The van der Waals surface area contributed by atoms with Crippen molar-refractivity contribution < 1.29 is 44.1 Å². The molecule has 0 aliphatic heterocycles. The largest absolute Gasteiger partial charge is 0.504 e. The second-order valence-corrected chi connectivity index (χ2v) is 7.77. The minimum Gasteiger partial charge on any atom is -0.504 e. The molecule has 0 saturated heterocycles. The summed E-state index contributed by atoms with van der Waals surface area (Å²) < 4.78 is 11.2. The van der Waals surface area contributed by atoms with Gasteiger partial charge in [-0.05, 0) is 59.7 Å². The molecule has 0 aliphatic carbocycles. The van der Waals surface area contributed by atoms with Gasteiger partial charge in [0.15, 0.2) is 23.0 Å². The van der Waals surface area contributed by atoms with E-state index in [1.165, 1.54) is 36.4 Å². The first-order valence-corrected chi connectivity index (χ1v) is 11.1. The maximum atomic E-state index is 12.1. The van der Waals surface area contributed by atoms with Crippen molar-refractivity contribution in [2.24, 2.45) is 0 Å². The van der Waals surface area contributed by atoms with Crippen LogP contribution in [0.15, 0.2) is 97.1 Å². The monoisotopic (exact) mass is 529 g/mol. The average Bonchev–Trinajstić information content (AvgIpc) is 2.89. The summed E-state index contributed by atoms with van der Waals surface area (Å²) in [5, 5.41) is 24.4. The Morgan fingerprint density at radius 3 is 1.37 bits per heavy atom. The van der Waals surface area contributed by atoms with Gasteiger partial charge in [-0.15, -0.1) is 0 Å². The summed E-state index contributed by atoms with van der Waals surface area (Å²) in [6.45, 7) is 0. The van der Waals surface area contributed by atoms with Gasteiger partial charge in [-0.25, -0.2) is 9.59 Å². The van der Waals surface area contributed by atoms with Gasteiger partial charge in [0.1, 0.15) is 11.5 Å². The minimum atomic E-state index is -0.840. The molecule has 0 amide bonds. The number of phenols is 2. The molecular weight excluding hydrogens is 507 g/mol. The van der Waals surface area contributed by atoms with Crippen LogP contribution >= 0.6 is 0 Å². The molecule has 2 N–H and O–H groups in total. The second kappa shape index (κ2) is 13.7. The van der Waals surface area contributed by atoms with E-state index >= 15 is 0 Å². The number of para-hydroxylation sites is 2. The van der Waals surface area contributed by atoms with Crippen molar-refractivity contribution in [3.63, 3.8) is 0 Å². The van der Waals surface area contributed by atoms with Crippen molar-refractivity contribution in [2.75, 3.05) is 0 Å². The molecule has 38 heavy (non-hydrogen) atoms. The molecule has 9 nitrogen and oxygen atoms in total. The summed E-state index contributed by atoms with van der Waals surface area (Å²) >= 11 is 0. The smallest absolute Gasteiger partial charge is 0.351 e. The van der Waals surface area contributed by atoms with Gasteiger partial charge >= 0.3 is 11.9 Å². The van der Waals surface area contributed by atoms with Gasteiger partial charge in [-0.3, -0.25) is 9.78 Å². The summed E-state index contributed by atoms with van der Waals surface area (Å²) in [5.41, 5.74) is 0.942. The quantitative estimate of drug-likeness (QED) is 0.166. The third-order valence-corrected chi connectivity index (χ3v) is 4.94.